The molecule has 1 atom stereocenters. The lowest BCUT2D eigenvalue weighted by molar-refractivity contribution is -0.107. The summed E-state index contributed by atoms with van der Waals surface area (Å²) in [5, 5.41) is 23.7. The summed E-state index contributed by atoms with van der Waals surface area (Å²) in [5.41, 5.74) is 0. The maximum absolute atomic E-state index is 9.88. The van der Waals surface area contributed by atoms with Gasteiger partial charge in [-0.1, -0.05) is 25.1 Å². The van der Waals surface area contributed by atoms with Crippen molar-refractivity contribution in [1.29, 1.82) is 0 Å². The molecule has 3 heterocycles. The second kappa shape index (κ2) is 14.8. The monoisotopic (exact) mass is 410 g/mol. The molecule has 0 amide bonds. The lowest BCUT2D eigenvalue weighted by Gasteiger charge is -2.03. The number of thiophene rings is 3. The molecule has 0 aliphatic heterocycles. The standard InChI is InChI=1S/C8H12OS.C6H8OS.C6H6OS/c1-2-7(9)6-8-4-3-5-10-8;2*7-4-3-6-2-1-5-8-6/h3-5,7,9H,2,6H2,1H3;1-2,5,7H,3-4H2;1-2,4-5H,3H2. The predicted molar refractivity (Wildman–Crippen MR) is 114 cm³/mol. The van der Waals surface area contributed by atoms with E-state index in [-0.39, 0.29) is 12.7 Å². The number of aldehydes is 1. The molecule has 3 rings (SSSR count). The Bertz CT molecular complexity index is 647. The Morgan fingerprint density at radius 2 is 1.50 bits per heavy atom. The Morgan fingerprint density at radius 3 is 1.92 bits per heavy atom. The fraction of sp³-hybridized carbons (Fsp3) is 0.350. The molecule has 0 aliphatic rings. The van der Waals surface area contributed by atoms with E-state index in [1.165, 1.54) is 9.75 Å². The third kappa shape index (κ3) is 10.6. The van der Waals surface area contributed by atoms with Gasteiger partial charge in [0.05, 0.1) is 6.10 Å². The lowest BCUT2D eigenvalue weighted by Crippen LogP contribution is -2.06. The summed E-state index contributed by atoms with van der Waals surface area (Å²) in [4.78, 5) is 13.5. The Hall–Kier alpha value is -1.31. The van der Waals surface area contributed by atoms with Gasteiger partial charge in [0.15, 0.2) is 0 Å². The molecule has 0 bridgehead atoms. The highest BCUT2D eigenvalue weighted by Crippen LogP contribution is 2.12. The van der Waals surface area contributed by atoms with Crippen LogP contribution in [-0.2, 0) is 24.1 Å². The molecular weight excluding hydrogens is 384 g/mol. The lowest BCUT2D eigenvalue weighted by atomic mass is 10.2. The Balaban J connectivity index is 0.000000197. The fourth-order valence-corrected chi connectivity index (χ4v) is 4.01. The number of carbonyl (C=O) groups excluding carboxylic acids is 1. The van der Waals surface area contributed by atoms with Crippen LogP contribution < -0.4 is 0 Å². The van der Waals surface area contributed by atoms with Crippen LogP contribution in [0.2, 0.25) is 0 Å². The molecule has 1 unspecified atom stereocenters. The maximum Gasteiger partial charge on any atom is 0.125 e. The first kappa shape index (κ1) is 22.7. The van der Waals surface area contributed by atoms with Crippen LogP contribution in [0.4, 0.5) is 0 Å². The molecule has 0 saturated heterocycles. The fourth-order valence-electron chi connectivity index (χ4n) is 1.88. The van der Waals surface area contributed by atoms with E-state index in [1.54, 1.807) is 34.0 Å². The smallest absolute Gasteiger partial charge is 0.125 e. The van der Waals surface area contributed by atoms with Crippen molar-refractivity contribution in [1.82, 2.24) is 0 Å². The minimum absolute atomic E-state index is 0.154. The van der Waals surface area contributed by atoms with E-state index in [9.17, 15) is 9.90 Å². The topological polar surface area (TPSA) is 57.5 Å². The van der Waals surface area contributed by atoms with Crippen LogP contribution in [0.25, 0.3) is 0 Å². The van der Waals surface area contributed by atoms with Crippen molar-refractivity contribution in [3.05, 3.63) is 67.2 Å². The maximum atomic E-state index is 9.88. The number of carbonyl (C=O) groups is 1. The second-order valence-corrected chi connectivity index (χ2v) is 8.45. The summed E-state index contributed by atoms with van der Waals surface area (Å²) in [7, 11) is 0. The SMILES string of the molecule is CCC(O)Cc1cccs1.O=CCc1cccs1.OCCc1cccs1. The quantitative estimate of drug-likeness (QED) is 0.548. The van der Waals surface area contributed by atoms with Crippen LogP contribution in [-0.4, -0.2) is 29.2 Å². The van der Waals surface area contributed by atoms with E-state index in [4.69, 9.17) is 5.11 Å². The number of rotatable bonds is 7. The molecule has 6 heteroatoms. The van der Waals surface area contributed by atoms with Crippen LogP contribution in [0.15, 0.2) is 52.5 Å². The third-order valence-electron chi connectivity index (χ3n) is 3.29. The molecule has 3 aromatic rings. The van der Waals surface area contributed by atoms with Gasteiger partial charge >= 0.3 is 0 Å². The zero-order chi connectivity index (χ0) is 19.0. The van der Waals surface area contributed by atoms with Crippen molar-refractivity contribution in [2.24, 2.45) is 0 Å². The average molecular weight is 411 g/mol. The zero-order valence-electron chi connectivity index (χ0n) is 14.9. The molecular formula is C20H26O3S3. The van der Waals surface area contributed by atoms with E-state index in [0.29, 0.717) is 6.42 Å². The number of aliphatic hydroxyl groups excluding tert-OH is 2. The van der Waals surface area contributed by atoms with Crippen LogP contribution in [0, 0.1) is 0 Å². The van der Waals surface area contributed by atoms with E-state index < -0.39 is 0 Å². The third-order valence-corrected chi connectivity index (χ3v) is 6.02. The molecule has 0 saturated carbocycles. The van der Waals surface area contributed by atoms with E-state index in [0.717, 1.165) is 30.4 Å². The van der Waals surface area contributed by atoms with Gasteiger partial charge < -0.3 is 15.0 Å². The van der Waals surface area contributed by atoms with Crippen molar-refractivity contribution in [3.8, 4) is 0 Å². The zero-order valence-corrected chi connectivity index (χ0v) is 17.4. The first-order valence-electron chi connectivity index (χ1n) is 8.49. The van der Waals surface area contributed by atoms with Gasteiger partial charge in [0.25, 0.3) is 0 Å². The second-order valence-electron chi connectivity index (χ2n) is 5.35. The van der Waals surface area contributed by atoms with Gasteiger partial charge in [0, 0.05) is 40.5 Å². The first-order valence-corrected chi connectivity index (χ1v) is 11.1. The molecule has 0 radical (unpaired) electrons. The minimum Gasteiger partial charge on any atom is -0.396 e. The Kier molecular flexibility index (Phi) is 13.0. The van der Waals surface area contributed by atoms with Crippen molar-refractivity contribution >= 4 is 40.3 Å². The molecule has 2 N–H and O–H groups in total. The molecule has 26 heavy (non-hydrogen) atoms. The van der Waals surface area contributed by atoms with Gasteiger partial charge in [-0.05, 0) is 40.8 Å². The van der Waals surface area contributed by atoms with Crippen LogP contribution in [0.5, 0.6) is 0 Å². The summed E-state index contributed by atoms with van der Waals surface area (Å²) in [6.07, 6.45) is 3.80. The highest BCUT2D eigenvalue weighted by molar-refractivity contribution is 7.10. The molecule has 0 spiro atoms. The highest BCUT2D eigenvalue weighted by atomic mass is 32.1. The van der Waals surface area contributed by atoms with Gasteiger partial charge in [0.2, 0.25) is 0 Å². The molecule has 0 fully saturated rings. The molecule has 0 aliphatic carbocycles. The van der Waals surface area contributed by atoms with Gasteiger partial charge in [-0.3, -0.25) is 0 Å². The van der Waals surface area contributed by atoms with E-state index in [2.05, 4.69) is 6.07 Å². The van der Waals surface area contributed by atoms with Crippen molar-refractivity contribution < 1.29 is 15.0 Å². The predicted octanol–water partition coefficient (Wildman–Crippen LogP) is 4.83. The summed E-state index contributed by atoms with van der Waals surface area (Å²) >= 11 is 5.01. The van der Waals surface area contributed by atoms with Crippen molar-refractivity contribution in [2.45, 2.75) is 38.7 Å². The summed E-state index contributed by atoms with van der Waals surface area (Å²) in [5.74, 6) is 0. The van der Waals surface area contributed by atoms with Gasteiger partial charge in [-0.2, -0.15) is 0 Å². The Morgan fingerprint density at radius 1 is 0.962 bits per heavy atom. The normalized spacial score (nSPS) is 10.9. The van der Waals surface area contributed by atoms with E-state index in [1.807, 2.05) is 53.4 Å². The minimum atomic E-state index is -0.154. The first-order chi connectivity index (χ1) is 12.7. The van der Waals surface area contributed by atoms with E-state index >= 15 is 0 Å². The van der Waals surface area contributed by atoms with Crippen LogP contribution in [0.1, 0.15) is 28.0 Å². The number of hydrogen-bond acceptors (Lipinski definition) is 6. The van der Waals surface area contributed by atoms with Gasteiger partial charge in [-0.25, -0.2) is 0 Å². The Labute approximate surface area is 167 Å². The van der Waals surface area contributed by atoms with Crippen LogP contribution in [0.3, 0.4) is 0 Å². The summed E-state index contributed by atoms with van der Waals surface area (Å²) < 4.78 is 0. The van der Waals surface area contributed by atoms with Gasteiger partial charge in [0.1, 0.15) is 6.29 Å². The highest BCUT2D eigenvalue weighted by Gasteiger charge is 2.01. The van der Waals surface area contributed by atoms with Crippen LogP contribution >= 0.6 is 34.0 Å². The van der Waals surface area contributed by atoms with Gasteiger partial charge in [-0.15, -0.1) is 34.0 Å². The molecule has 3 aromatic heterocycles. The average Bonchev–Trinajstić information content (AvgIpc) is 3.40. The number of aliphatic hydroxyl groups is 2. The molecule has 142 valence electrons. The molecule has 3 nitrogen and oxygen atoms in total. The van der Waals surface area contributed by atoms with Crippen molar-refractivity contribution in [2.75, 3.05) is 6.61 Å². The molecule has 0 aromatic carbocycles. The van der Waals surface area contributed by atoms with Crippen molar-refractivity contribution in [3.63, 3.8) is 0 Å². The number of hydrogen-bond donors (Lipinski definition) is 2. The largest absolute Gasteiger partial charge is 0.396 e. The summed E-state index contributed by atoms with van der Waals surface area (Å²) in [6.45, 7) is 2.26. The summed E-state index contributed by atoms with van der Waals surface area (Å²) in [6, 6.07) is 12.0.